The molecule has 1 aromatic heterocycles. The standard InChI is InChI=1S/C31H23NO9/c1-4-5-6-7-15-11-14-10-13-8-9-31(23(13)27(37)18(14)30(40)32(15)2)28(38)21-22(29(31)39)26(36)20-19(25(21)35)16(33)12-17(41-3)24(20)34/h4-7,10-12,37-39H,8-9H2,1-3H3. The summed E-state index contributed by atoms with van der Waals surface area (Å²) < 4.78 is 6.24. The van der Waals surface area contributed by atoms with Crippen molar-refractivity contribution in [2.75, 3.05) is 7.11 Å². The Kier molecular flexibility index (Phi) is 5.47. The molecule has 0 bridgehead atoms. The van der Waals surface area contributed by atoms with E-state index in [0.717, 1.165) is 13.2 Å². The molecule has 41 heavy (non-hydrogen) atoms. The van der Waals surface area contributed by atoms with Gasteiger partial charge in [-0.05, 0) is 42.9 Å². The summed E-state index contributed by atoms with van der Waals surface area (Å²) in [6, 6.07) is 4.18. The zero-order valence-electron chi connectivity index (χ0n) is 22.2. The van der Waals surface area contributed by atoms with Crippen LogP contribution in [0.1, 0.15) is 30.2 Å². The van der Waals surface area contributed by atoms with E-state index in [-0.39, 0.29) is 23.8 Å². The quantitative estimate of drug-likeness (QED) is 0.299. The van der Waals surface area contributed by atoms with Crippen LogP contribution in [0.25, 0.3) is 28.4 Å². The van der Waals surface area contributed by atoms with E-state index < -0.39 is 76.6 Å². The van der Waals surface area contributed by atoms with Gasteiger partial charge in [-0.2, -0.15) is 0 Å². The SMILES string of the molecule is CC=CC=Cc1cc2cc3c(c(O)c2c(=O)n1C)C1(CC3)C(O)=c2c(=O)c3c(=O)cc(OC)c(=O)c=3c(=O)c2=C1O. The number of methoxy groups -OCH3 is 1. The van der Waals surface area contributed by atoms with E-state index >= 15 is 0 Å². The van der Waals surface area contributed by atoms with Gasteiger partial charge < -0.3 is 24.6 Å². The first-order valence-electron chi connectivity index (χ1n) is 12.8. The van der Waals surface area contributed by atoms with E-state index in [1.807, 2.05) is 13.0 Å². The first-order chi connectivity index (χ1) is 19.5. The van der Waals surface area contributed by atoms with Crippen LogP contribution >= 0.6 is 0 Å². The summed E-state index contributed by atoms with van der Waals surface area (Å²) in [7, 11) is 2.66. The van der Waals surface area contributed by atoms with Crippen LogP contribution in [0.3, 0.4) is 0 Å². The highest BCUT2D eigenvalue weighted by molar-refractivity contribution is 5.95. The number of aliphatic hydroxyl groups excluding tert-OH is 2. The first-order valence-corrected chi connectivity index (χ1v) is 12.8. The topological polar surface area (TPSA) is 160 Å². The highest BCUT2D eigenvalue weighted by Crippen LogP contribution is 2.54. The Bertz CT molecular complexity index is 2410. The number of ether oxygens (including phenoxy) is 1. The molecule has 0 aliphatic heterocycles. The molecule has 3 N–H and O–H groups in total. The molecule has 0 radical (unpaired) electrons. The monoisotopic (exact) mass is 553 g/mol. The highest BCUT2D eigenvalue weighted by Gasteiger charge is 2.53. The van der Waals surface area contributed by atoms with Crippen LogP contribution in [-0.4, -0.2) is 27.0 Å². The second-order valence-corrected chi connectivity index (χ2v) is 10.2. The summed E-state index contributed by atoms with van der Waals surface area (Å²) in [4.78, 5) is 66.2. The maximum absolute atomic E-state index is 13.6. The number of rotatable bonds is 3. The van der Waals surface area contributed by atoms with Crippen LogP contribution < -0.4 is 42.4 Å². The molecule has 10 heteroatoms. The molecule has 4 aliphatic carbocycles. The van der Waals surface area contributed by atoms with Crippen LogP contribution in [0.4, 0.5) is 0 Å². The van der Waals surface area contributed by atoms with Crippen molar-refractivity contribution >= 4 is 28.4 Å². The van der Waals surface area contributed by atoms with Crippen molar-refractivity contribution < 1.29 is 20.1 Å². The van der Waals surface area contributed by atoms with E-state index in [2.05, 4.69) is 0 Å². The molecule has 4 aliphatic rings. The number of hydrogen-bond donors (Lipinski definition) is 3. The summed E-state index contributed by atoms with van der Waals surface area (Å²) >= 11 is 0. The van der Waals surface area contributed by atoms with Gasteiger partial charge in [-0.25, -0.2) is 0 Å². The van der Waals surface area contributed by atoms with Gasteiger partial charge in [0.1, 0.15) is 22.7 Å². The van der Waals surface area contributed by atoms with Crippen molar-refractivity contribution in [2.24, 2.45) is 7.05 Å². The molecule has 1 aromatic carbocycles. The zero-order chi connectivity index (χ0) is 29.5. The molecular formula is C31H23NO9. The number of aromatic nitrogens is 1. The number of aryl methyl sites for hydroxylation is 1. The van der Waals surface area contributed by atoms with Gasteiger partial charge in [-0.1, -0.05) is 24.3 Å². The Balaban J connectivity index is 1.76. The Labute approximate surface area is 229 Å². The lowest BCUT2D eigenvalue weighted by Gasteiger charge is -2.27. The summed E-state index contributed by atoms with van der Waals surface area (Å²) in [6.07, 6.45) is 7.27. The third kappa shape index (κ3) is 3.09. The lowest BCUT2D eigenvalue weighted by Crippen LogP contribution is -2.51. The predicted octanol–water partition coefficient (Wildman–Crippen LogP) is 0.113. The Hall–Kier alpha value is -5.25. The van der Waals surface area contributed by atoms with Crippen molar-refractivity contribution in [2.45, 2.75) is 25.2 Å². The van der Waals surface area contributed by atoms with Crippen molar-refractivity contribution in [3.8, 4) is 11.5 Å². The van der Waals surface area contributed by atoms with Gasteiger partial charge in [0.15, 0.2) is 11.2 Å². The summed E-state index contributed by atoms with van der Waals surface area (Å²) in [6.45, 7) is 1.85. The normalized spacial score (nSPS) is 18.0. The number of phenolic OH excluding ortho intramolecular Hbond substituents is 1. The molecular weight excluding hydrogens is 530 g/mol. The molecule has 206 valence electrons. The van der Waals surface area contributed by atoms with Gasteiger partial charge in [0, 0.05) is 24.4 Å². The molecule has 1 heterocycles. The van der Waals surface area contributed by atoms with Crippen molar-refractivity contribution in [1.82, 2.24) is 4.57 Å². The molecule has 1 unspecified atom stereocenters. The van der Waals surface area contributed by atoms with Crippen molar-refractivity contribution in [3.63, 3.8) is 0 Å². The highest BCUT2D eigenvalue weighted by atomic mass is 16.5. The van der Waals surface area contributed by atoms with Gasteiger partial charge >= 0.3 is 0 Å². The van der Waals surface area contributed by atoms with Crippen molar-refractivity contribution in [1.29, 1.82) is 0 Å². The number of allylic oxidation sites excluding steroid dienone is 3. The fraction of sp³-hybridized carbons (Fsp3) is 0.194. The van der Waals surface area contributed by atoms with E-state index in [4.69, 9.17) is 4.74 Å². The third-order valence-corrected chi connectivity index (χ3v) is 8.26. The number of pyridine rings is 1. The Morgan fingerprint density at radius 3 is 2.17 bits per heavy atom. The average molecular weight is 554 g/mol. The Morgan fingerprint density at radius 1 is 0.878 bits per heavy atom. The van der Waals surface area contributed by atoms with Crippen LogP contribution in [0.5, 0.6) is 11.5 Å². The molecule has 1 atom stereocenters. The smallest absolute Gasteiger partial charge is 0.262 e. The summed E-state index contributed by atoms with van der Waals surface area (Å²) in [5, 5.41) is 32.3. The number of phenols is 1. The zero-order valence-corrected chi connectivity index (χ0v) is 22.2. The van der Waals surface area contributed by atoms with Crippen molar-refractivity contribution in [3.05, 3.63) is 125 Å². The first kappa shape index (κ1) is 26.0. The fourth-order valence-corrected chi connectivity index (χ4v) is 6.32. The number of benzene rings is 1. The van der Waals surface area contributed by atoms with Gasteiger partial charge in [0.05, 0.1) is 33.4 Å². The molecule has 0 saturated heterocycles. The van der Waals surface area contributed by atoms with Gasteiger partial charge in [0.25, 0.3) is 5.56 Å². The number of nitrogens with zero attached hydrogens (tertiary/aromatic N) is 1. The largest absolute Gasteiger partial charge is 0.510 e. The molecule has 0 amide bonds. The van der Waals surface area contributed by atoms with Crippen LogP contribution in [0.2, 0.25) is 0 Å². The number of fused-ring (bicyclic) bond motifs is 4. The van der Waals surface area contributed by atoms with Crippen LogP contribution in [0.15, 0.2) is 60.4 Å². The second-order valence-electron chi connectivity index (χ2n) is 10.2. The van der Waals surface area contributed by atoms with E-state index in [9.17, 15) is 39.3 Å². The fourth-order valence-electron chi connectivity index (χ4n) is 6.32. The molecule has 0 saturated carbocycles. The molecule has 2 aromatic rings. The van der Waals surface area contributed by atoms with E-state index in [1.54, 1.807) is 30.4 Å². The Morgan fingerprint density at radius 2 is 1.54 bits per heavy atom. The average Bonchev–Trinajstić information content (AvgIpc) is 3.43. The summed E-state index contributed by atoms with van der Waals surface area (Å²) in [5.41, 5.74) is -5.59. The third-order valence-electron chi connectivity index (χ3n) is 8.26. The molecule has 1 spiro atoms. The predicted molar refractivity (Wildman–Crippen MR) is 152 cm³/mol. The lowest BCUT2D eigenvalue weighted by atomic mass is 9.78. The van der Waals surface area contributed by atoms with Gasteiger partial charge in [-0.3, -0.25) is 24.0 Å². The van der Waals surface area contributed by atoms with Crippen LogP contribution in [0, 0.1) is 10.4 Å². The van der Waals surface area contributed by atoms with E-state index in [1.165, 1.54) is 11.6 Å². The van der Waals surface area contributed by atoms with Gasteiger partial charge in [-0.15, -0.1) is 0 Å². The minimum atomic E-state index is -1.93. The molecule has 10 nitrogen and oxygen atoms in total. The van der Waals surface area contributed by atoms with Gasteiger partial charge in [0.2, 0.25) is 16.3 Å². The number of aromatic hydroxyl groups is 1. The maximum Gasteiger partial charge on any atom is 0.262 e. The summed E-state index contributed by atoms with van der Waals surface area (Å²) in [5.74, 6) is -2.41. The maximum atomic E-state index is 13.6. The number of hydrogen-bond acceptors (Lipinski definition) is 9. The van der Waals surface area contributed by atoms with Crippen LogP contribution in [-0.2, 0) is 18.9 Å². The lowest BCUT2D eigenvalue weighted by molar-refractivity contribution is 0.362. The minimum Gasteiger partial charge on any atom is -0.510 e. The van der Waals surface area contributed by atoms with E-state index in [0.29, 0.717) is 16.6 Å². The minimum absolute atomic E-state index is 0.0179. The molecule has 0 fully saturated rings. The number of aliphatic hydroxyl groups is 2. The second kappa shape index (κ2) is 8.62. The molecule has 6 rings (SSSR count).